The maximum atomic E-state index is 13.2. The van der Waals surface area contributed by atoms with Crippen LogP contribution in [0.1, 0.15) is 17.8 Å². The van der Waals surface area contributed by atoms with E-state index in [2.05, 4.69) is 20.6 Å². The van der Waals surface area contributed by atoms with E-state index < -0.39 is 0 Å². The number of nitrogens with two attached hydrogens (primary N) is 1. The first-order valence-electron chi connectivity index (χ1n) is 10.3. The Morgan fingerprint density at radius 2 is 1.81 bits per heavy atom. The van der Waals surface area contributed by atoms with Crippen LogP contribution in [0.4, 0.5) is 15.8 Å². The Morgan fingerprint density at radius 3 is 2.59 bits per heavy atom. The molecule has 0 spiro atoms. The molecule has 2 aromatic heterocycles. The number of rotatable bonds is 8. The Balaban J connectivity index is 1.32. The number of carbonyl (C=O) groups excluding carboxylic acids is 1. The zero-order valence-corrected chi connectivity index (χ0v) is 17.4. The lowest BCUT2D eigenvalue weighted by atomic mass is 10.0. The van der Waals surface area contributed by atoms with Crippen molar-refractivity contribution in [3.05, 3.63) is 90.3 Å². The Hall–Kier alpha value is -4.07. The first-order valence-corrected chi connectivity index (χ1v) is 10.3. The summed E-state index contributed by atoms with van der Waals surface area (Å²) in [4.78, 5) is 16.8. The average molecular weight is 430 g/mol. The summed E-state index contributed by atoms with van der Waals surface area (Å²) in [5.41, 5.74) is 10.4. The highest BCUT2D eigenvalue weighted by atomic mass is 19.1. The Kier molecular flexibility index (Phi) is 6.50. The lowest BCUT2D eigenvalue weighted by Crippen LogP contribution is -2.13. The second kappa shape index (κ2) is 9.82. The lowest BCUT2D eigenvalue weighted by Gasteiger charge is -2.10. The van der Waals surface area contributed by atoms with Crippen molar-refractivity contribution in [2.75, 3.05) is 11.1 Å². The van der Waals surface area contributed by atoms with Gasteiger partial charge >= 0.3 is 0 Å². The van der Waals surface area contributed by atoms with Crippen molar-refractivity contribution >= 4 is 17.3 Å². The largest absolute Gasteiger partial charge is 0.397 e. The van der Waals surface area contributed by atoms with Crippen LogP contribution in [0.5, 0.6) is 0 Å². The van der Waals surface area contributed by atoms with Gasteiger partial charge in [0.1, 0.15) is 5.82 Å². The van der Waals surface area contributed by atoms with E-state index in [0.29, 0.717) is 24.3 Å². The van der Waals surface area contributed by atoms with Gasteiger partial charge in [-0.15, -0.1) is 5.10 Å². The van der Waals surface area contributed by atoms with E-state index in [-0.39, 0.29) is 18.1 Å². The molecule has 0 bridgehead atoms. The molecule has 0 saturated heterocycles. The molecule has 7 nitrogen and oxygen atoms in total. The summed E-state index contributed by atoms with van der Waals surface area (Å²) in [6.45, 7) is 0.670. The molecule has 0 aliphatic heterocycles. The maximum Gasteiger partial charge on any atom is 0.224 e. The molecule has 0 aliphatic rings. The zero-order chi connectivity index (χ0) is 22.3. The van der Waals surface area contributed by atoms with Gasteiger partial charge in [0.05, 0.1) is 17.1 Å². The summed E-state index contributed by atoms with van der Waals surface area (Å²) in [7, 11) is 0. The van der Waals surface area contributed by atoms with Crippen LogP contribution >= 0.6 is 0 Å². The molecule has 2 heterocycles. The molecule has 0 saturated carbocycles. The molecule has 0 atom stereocenters. The number of nitrogens with zero attached hydrogens (tertiary/aromatic N) is 4. The highest BCUT2D eigenvalue weighted by molar-refractivity contribution is 5.95. The molecule has 4 aromatic rings. The van der Waals surface area contributed by atoms with Crippen LogP contribution in [0.3, 0.4) is 0 Å². The van der Waals surface area contributed by atoms with Gasteiger partial charge in [-0.2, -0.15) is 0 Å². The number of nitrogen functional groups attached to an aromatic ring is 1. The number of nitrogens with one attached hydrogen (secondary N) is 1. The molecule has 1 amide bonds. The lowest BCUT2D eigenvalue weighted by molar-refractivity contribution is -0.116. The molecule has 0 aliphatic carbocycles. The summed E-state index contributed by atoms with van der Waals surface area (Å²) in [5.74, 6) is -0.470. The minimum atomic E-state index is -0.300. The average Bonchev–Trinajstić information content (AvgIpc) is 3.27. The van der Waals surface area contributed by atoms with E-state index in [1.807, 2.05) is 30.5 Å². The number of anilines is 2. The van der Waals surface area contributed by atoms with Gasteiger partial charge in [-0.3, -0.25) is 14.5 Å². The minimum Gasteiger partial charge on any atom is -0.397 e. The number of pyridine rings is 1. The molecule has 8 heteroatoms. The monoisotopic (exact) mass is 430 g/mol. The number of carbonyl (C=O) groups is 1. The van der Waals surface area contributed by atoms with Gasteiger partial charge in [0.25, 0.3) is 0 Å². The number of aryl methyl sites for hydroxylation is 3. The van der Waals surface area contributed by atoms with Crippen molar-refractivity contribution < 1.29 is 9.18 Å². The van der Waals surface area contributed by atoms with E-state index in [0.717, 1.165) is 28.9 Å². The van der Waals surface area contributed by atoms with Crippen molar-refractivity contribution in [1.82, 2.24) is 20.0 Å². The quantitative estimate of drug-likeness (QED) is 0.414. The third kappa shape index (κ3) is 5.54. The standard InChI is InChI=1S/C24H23FN6O/c25-19-7-4-17(5-8-19)18-6-10-22(26)23(15-18)28-24(32)11-9-21-16-31(30-29-21)14-12-20-3-1-2-13-27-20/h1-8,10,13,15-16H,9,11-12,14,26H2,(H,28,32). The zero-order valence-electron chi connectivity index (χ0n) is 17.4. The van der Waals surface area contributed by atoms with Crippen molar-refractivity contribution in [2.24, 2.45) is 0 Å². The van der Waals surface area contributed by atoms with E-state index in [9.17, 15) is 9.18 Å². The number of hydrogen-bond donors (Lipinski definition) is 2. The van der Waals surface area contributed by atoms with Gasteiger partial charge in [0.15, 0.2) is 0 Å². The Labute approximate surface area is 185 Å². The third-order valence-corrected chi connectivity index (χ3v) is 5.02. The van der Waals surface area contributed by atoms with E-state index in [1.54, 1.807) is 35.1 Å². The van der Waals surface area contributed by atoms with Crippen LogP contribution in [0.25, 0.3) is 11.1 Å². The van der Waals surface area contributed by atoms with E-state index >= 15 is 0 Å². The molecule has 4 rings (SSSR count). The highest BCUT2D eigenvalue weighted by Gasteiger charge is 2.10. The first-order chi connectivity index (χ1) is 15.6. The van der Waals surface area contributed by atoms with Crippen LogP contribution in [0.15, 0.2) is 73.1 Å². The predicted molar refractivity (Wildman–Crippen MR) is 121 cm³/mol. The first kappa shape index (κ1) is 21.2. The Bertz CT molecular complexity index is 1190. The van der Waals surface area contributed by atoms with Gasteiger partial charge in [-0.1, -0.05) is 29.5 Å². The molecule has 3 N–H and O–H groups in total. The Morgan fingerprint density at radius 1 is 1.00 bits per heavy atom. The van der Waals surface area contributed by atoms with Gasteiger partial charge in [0, 0.05) is 43.9 Å². The second-order valence-electron chi connectivity index (χ2n) is 7.40. The summed E-state index contributed by atoms with van der Waals surface area (Å²) in [6, 6.07) is 17.3. The fourth-order valence-electron chi connectivity index (χ4n) is 3.28. The normalized spacial score (nSPS) is 10.8. The molecule has 162 valence electrons. The number of amides is 1. The van der Waals surface area contributed by atoms with Crippen LogP contribution < -0.4 is 11.1 Å². The van der Waals surface area contributed by atoms with Crippen molar-refractivity contribution in [1.29, 1.82) is 0 Å². The van der Waals surface area contributed by atoms with E-state index in [1.165, 1.54) is 12.1 Å². The number of hydrogen-bond acceptors (Lipinski definition) is 5. The summed E-state index contributed by atoms with van der Waals surface area (Å²) < 4.78 is 14.9. The third-order valence-electron chi connectivity index (χ3n) is 5.02. The number of aromatic nitrogens is 4. The molecular formula is C24H23FN6O. The number of benzene rings is 2. The van der Waals surface area contributed by atoms with Crippen molar-refractivity contribution in [3.63, 3.8) is 0 Å². The molecule has 2 aromatic carbocycles. The van der Waals surface area contributed by atoms with Gasteiger partial charge in [-0.25, -0.2) is 4.39 Å². The summed E-state index contributed by atoms with van der Waals surface area (Å²) in [5, 5.41) is 11.1. The number of halogens is 1. The second-order valence-corrected chi connectivity index (χ2v) is 7.40. The molecule has 0 radical (unpaired) electrons. The minimum absolute atomic E-state index is 0.170. The smallest absolute Gasteiger partial charge is 0.224 e. The van der Waals surface area contributed by atoms with Crippen LogP contribution in [0.2, 0.25) is 0 Å². The van der Waals surface area contributed by atoms with Gasteiger partial charge in [0.2, 0.25) is 5.91 Å². The summed E-state index contributed by atoms with van der Waals surface area (Å²) >= 11 is 0. The fraction of sp³-hybridized carbons (Fsp3) is 0.167. The molecule has 32 heavy (non-hydrogen) atoms. The van der Waals surface area contributed by atoms with Crippen LogP contribution in [-0.2, 0) is 24.2 Å². The fourth-order valence-corrected chi connectivity index (χ4v) is 3.28. The van der Waals surface area contributed by atoms with Crippen molar-refractivity contribution in [3.8, 4) is 11.1 Å². The topological polar surface area (TPSA) is 98.7 Å². The summed E-state index contributed by atoms with van der Waals surface area (Å²) in [6.07, 6.45) is 5.09. The van der Waals surface area contributed by atoms with Crippen LogP contribution in [-0.4, -0.2) is 25.9 Å². The van der Waals surface area contributed by atoms with Gasteiger partial charge < -0.3 is 11.1 Å². The highest BCUT2D eigenvalue weighted by Crippen LogP contribution is 2.27. The van der Waals surface area contributed by atoms with Gasteiger partial charge in [-0.05, 0) is 47.5 Å². The predicted octanol–water partition coefficient (Wildman–Crippen LogP) is 3.88. The SMILES string of the molecule is Nc1ccc(-c2ccc(F)cc2)cc1NC(=O)CCc1cn(CCc2ccccn2)nn1. The molecule has 0 fully saturated rings. The van der Waals surface area contributed by atoms with Crippen LogP contribution in [0, 0.1) is 5.82 Å². The maximum absolute atomic E-state index is 13.2. The van der Waals surface area contributed by atoms with Crippen molar-refractivity contribution in [2.45, 2.75) is 25.8 Å². The van der Waals surface area contributed by atoms with E-state index in [4.69, 9.17) is 5.73 Å². The molecule has 0 unspecified atom stereocenters. The molecular weight excluding hydrogens is 407 g/mol.